The zero-order valence-corrected chi connectivity index (χ0v) is 16.7. The average molecular weight is 374 g/mol. The van der Waals surface area contributed by atoms with Gasteiger partial charge in [0.05, 0.1) is 17.3 Å². The zero-order valence-electron chi connectivity index (χ0n) is 16.7. The van der Waals surface area contributed by atoms with Crippen molar-refractivity contribution in [1.82, 2.24) is 15.1 Å². The van der Waals surface area contributed by atoms with Gasteiger partial charge in [-0.15, -0.1) is 0 Å². The Morgan fingerprint density at radius 1 is 1.11 bits per heavy atom. The van der Waals surface area contributed by atoms with Crippen LogP contribution in [0.15, 0.2) is 48.5 Å². The number of rotatable bonds is 8. The highest BCUT2D eigenvalue weighted by molar-refractivity contribution is 5.33. The highest BCUT2D eigenvalue weighted by Crippen LogP contribution is 2.16. The van der Waals surface area contributed by atoms with Gasteiger partial charge in [0.25, 0.3) is 0 Å². The topological polar surface area (TPSA) is 62.9 Å². The molecular weight excluding hydrogens is 348 g/mol. The van der Waals surface area contributed by atoms with Crippen molar-refractivity contribution < 1.29 is 4.74 Å². The Hall–Kier alpha value is -3.10. The SMILES string of the molecule is Cc1nn(C)c(C)c1CCNCc1cccc(OCc2cccc(C#N)c2)c1. The Kier molecular flexibility index (Phi) is 6.46. The summed E-state index contributed by atoms with van der Waals surface area (Å²) in [6, 6.07) is 17.8. The van der Waals surface area contributed by atoms with E-state index in [0.29, 0.717) is 12.2 Å². The average Bonchev–Trinajstić information content (AvgIpc) is 2.96. The van der Waals surface area contributed by atoms with E-state index in [1.54, 1.807) is 6.07 Å². The standard InChI is InChI=1S/C23H26N4O/c1-17-23(18(2)27(3)26-17)10-11-25-15-20-7-5-9-22(13-20)28-16-21-8-4-6-19(12-21)14-24/h4-9,12-13,25H,10-11,15-16H2,1-3H3. The maximum atomic E-state index is 8.99. The Bertz CT molecular complexity index is 985. The van der Waals surface area contributed by atoms with Crippen molar-refractivity contribution in [3.8, 4) is 11.8 Å². The molecule has 0 amide bonds. The van der Waals surface area contributed by atoms with Crippen molar-refractivity contribution in [2.24, 2.45) is 7.05 Å². The van der Waals surface area contributed by atoms with Gasteiger partial charge >= 0.3 is 0 Å². The molecule has 0 saturated heterocycles. The molecule has 0 aliphatic rings. The molecule has 0 spiro atoms. The maximum absolute atomic E-state index is 8.99. The molecule has 0 fully saturated rings. The summed E-state index contributed by atoms with van der Waals surface area (Å²) < 4.78 is 7.84. The van der Waals surface area contributed by atoms with Crippen molar-refractivity contribution in [3.05, 3.63) is 82.2 Å². The fourth-order valence-electron chi connectivity index (χ4n) is 3.27. The highest BCUT2D eigenvalue weighted by Gasteiger charge is 2.08. The van der Waals surface area contributed by atoms with Crippen LogP contribution in [-0.4, -0.2) is 16.3 Å². The van der Waals surface area contributed by atoms with Gasteiger partial charge in [-0.2, -0.15) is 10.4 Å². The minimum Gasteiger partial charge on any atom is -0.489 e. The van der Waals surface area contributed by atoms with E-state index in [0.717, 1.165) is 36.5 Å². The molecule has 1 heterocycles. The van der Waals surface area contributed by atoms with Crippen molar-refractivity contribution in [2.45, 2.75) is 33.4 Å². The van der Waals surface area contributed by atoms with Gasteiger partial charge < -0.3 is 10.1 Å². The molecule has 28 heavy (non-hydrogen) atoms. The van der Waals surface area contributed by atoms with Crippen molar-refractivity contribution in [3.63, 3.8) is 0 Å². The number of ether oxygens (including phenoxy) is 1. The molecule has 2 aromatic carbocycles. The summed E-state index contributed by atoms with van der Waals surface area (Å²) in [5.74, 6) is 0.834. The van der Waals surface area contributed by atoms with E-state index in [4.69, 9.17) is 10.00 Å². The van der Waals surface area contributed by atoms with E-state index in [1.165, 1.54) is 16.8 Å². The summed E-state index contributed by atoms with van der Waals surface area (Å²) in [5, 5.41) is 17.0. The van der Waals surface area contributed by atoms with Gasteiger partial charge in [0, 0.05) is 19.3 Å². The molecule has 3 rings (SSSR count). The van der Waals surface area contributed by atoms with Crippen molar-refractivity contribution >= 4 is 0 Å². The number of aromatic nitrogens is 2. The molecule has 0 radical (unpaired) electrons. The smallest absolute Gasteiger partial charge is 0.120 e. The first kappa shape index (κ1) is 19.7. The third kappa shape index (κ3) is 4.99. The number of nitriles is 1. The number of nitrogens with one attached hydrogen (secondary N) is 1. The van der Waals surface area contributed by atoms with E-state index in [1.807, 2.05) is 42.1 Å². The maximum Gasteiger partial charge on any atom is 0.120 e. The summed E-state index contributed by atoms with van der Waals surface area (Å²) >= 11 is 0. The molecule has 0 aliphatic heterocycles. The molecule has 5 nitrogen and oxygen atoms in total. The van der Waals surface area contributed by atoms with Crippen LogP contribution in [0, 0.1) is 25.2 Å². The molecule has 0 atom stereocenters. The Balaban J connectivity index is 1.50. The third-order valence-corrected chi connectivity index (χ3v) is 4.90. The first-order valence-corrected chi connectivity index (χ1v) is 9.47. The molecule has 0 unspecified atom stereocenters. The lowest BCUT2D eigenvalue weighted by Crippen LogP contribution is -2.17. The van der Waals surface area contributed by atoms with Crippen LogP contribution in [-0.2, 0) is 26.6 Å². The molecule has 0 saturated carbocycles. The largest absolute Gasteiger partial charge is 0.489 e. The van der Waals surface area contributed by atoms with Gasteiger partial charge in [-0.05, 0) is 67.8 Å². The van der Waals surface area contributed by atoms with E-state index < -0.39 is 0 Å². The van der Waals surface area contributed by atoms with E-state index in [2.05, 4.69) is 42.5 Å². The second-order valence-electron chi connectivity index (χ2n) is 6.95. The normalized spacial score (nSPS) is 10.6. The summed E-state index contributed by atoms with van der Waals surface area (Å²) in [4.78, 5) is 0. The van der Waals surface area contributed by atoms with Gasteiger partial charge in [-0.25, -0.2) is 0 Å². The predicted octanol–water partition coefficient (Wildman–Crippen LogP) is 3.82. The molecule has 1 N–H and O–H groups in total. The minimum absolute atomic E-state index is 0.450. The van der Waals surface area contributed by atoms with E-state index in [9.17, 15) is 0 Å². The predicted molar refractivity (Wildman–Crippen MR) is 110 cm³/mol. The molecule has 5 heteroatoms. The summed E-state index contributed by atoms with van der Waals surface area (Å²) in [6.45, 7) is 6.32. The first-order chi connectivity index (χ1) is 13.6. The number of aryl methyl sites for hydroxylation is 2. The van der Waals surface area contributed by atoms with Crippen LogP contribution in [0.3, 0.4) is 0 Å². The molecule has 1 aromatic heterocycles. The quantitative estimate of drug-likeness (QED) is 0.609. The van der Waals surface area contributed by atoms with Gasteiger partial charge in [-0.1, -0.05) is 24.3 Å². The molecule has 0 aliphatic carbocycles. The number of hydrogen-bond donors (Lipinski definition) is 1. The lowest BCUT2D eigenvalue weighted by atomic mass is 10.1. The minimum atomic E-state index is 0.450. The highest BCUT2D eigenvalue weighted by atomic mass is 16.5. The summed E-state index contributed by atoms with van der Waals surface area (Å²) in [6.07, 6.45) is 0.969. The molecular formula is C23H26N4O. The van der Waals surface area contributed by atoms with Crippen molar-refractivity contribution in [1.29, 1.82) is 5.26 Å². The van der Waals surface area contributed by atoms with Crippen LogP contribution in [0.25, 0.3) is 0 Å². The second kappa shape index (κ2) is 9.20. The fraction of sp³-hybridized carbons (Fsp3) is 0.304. The Labute approximate surface area is 166 Å². The van der Waals surface area contributed by atoms with Crippen LogP contribution in [0.2, 0.25) is 0 Å². The van der Waals surface area contributed by atoms with Crippen LogP contribution < -0.4 is 10.1 Å². The van der Waals surface area contributed by atoms with Crippen molar-refractivity contribution in [2.75, 3.05) is 6.54 Å². The van der Waals surface area contributed by atoms with Gasteiger partial charge in [0.1, 0.15) is 12.4 Å². The van der Waals surface area contributed by atoms with Gasteiger partial charge in [0.2, 0.25) is 0 Å². The lowest BCUT2D eigenvalue weighted by Gasteiger charge is -2.10. The summed E-state index contributed by atoms with van der Waals surface area (Å²) in [5.41, 5.74) is 6.49. The molecule has 144 valence electrons. The fourth-order valence-corrected chi connectivity index (χ4v) is 3.27. The Morgan fingerprint density at radius 3 is 2.64 bits per heavy atom. The van der Waals surface area contributed by atoms with Crippen LogP contribution in [0.4, 0.5) is 0 Å². The number of nitrogens with zero attached hydrogens (tertiary/aromatic N) is 3. The van der Waals surface area contributed by atoms with E-state index >= 15 is 0 Å². The van der Waals surface area contributed by atoms with Crippen LogP contribution in [0.1, 0.15) is 33.6 Å². The number of hydrogen-bond acceptors (Lipinski definition) is 4. The zero-order chi connectivity index (χ0) is 19.9. The monoisotopic (exact) mass is 374 g/mol. The third-order valence-electron chi connectivity index (χ3n) is 4.90. The molecule has 0 bridgehead atoms. The first-order valence-electron chi connectivity index (χ1n) is 9.47. The summed E-state index contributed by atoms with van der Waals surface area (Å²) in [7, 11) is 1.99. The lowest BCUT2D eigenvalue weighted by molar-refractivity contribution is 0.306. The van der Waals surface area contributed by atoms with Crippen LogP contribution in [0.5, 0.6) is 5.75 Å². The van der Waals surface area contributed by atoms with Crippen LogP contribution >= 0.6 is 0 Å². The molecule has 3 aromatic rings. The number of benzene rings is 2. The van der Waals surface area contributed by atoms with Gasteiger partial charge in [-0.3, -0.25) is 4.68 Å². The second-order valence-corrected chi connectivity index (χ2v) is 6.95. The van der Waals surface area contributed by atoms with E-state index in [-0.39, 0.29) is 0 Å². The van der Waals surface area contributed by atoms with Gasteiger partial charge in [0.15, 0.2) is 0 Å². The Morgan fingerprint density at radius 2 is 1.89 bits per heavy atom.